The van der Waals surface area contributed by atoms with Crippen molar-refractivity contribution in [2.45, 2.75) is 31.7 Å². The average molecular weight is 271 g/mol. The molecule has 1 atom stereocenters. The summed E-state index contributed by atoms with van der Waals surface area (Å²) in [6.07, 6.45) is 4.87. The van der Waals surface area contributed by atoms with Crippen molar-refractivity contribution in [1.82, 2.24) is 4.90 Å². The number of halogens is 2. The molecule has 1 fully saturated rings. The fraction of sp³-hybridized carbons (Fsp3) is 0.571. The largest absolute Gasteiger partial charge is 0.329 e. The second-order valence-electron chi connectivity index (χ2n) is 4.87. The van der Waals surface area contributed by atoms with Crippen LogP contribution >= 0.6 is 11.6 Å². The molecule has 1 heterocycles. The van der Waals surface area contributed by atoms with Crippen molar-refractivity contribution in [2.75, 3.05) is 19.6 Å². The first kappa shape index (κ1) is 13.8. The Balaban J connectivity index is 2.20. The van der Waals surface area contributed by atoms with Crippen LogP contribution in [0.2, 0.25) is 5.02 Å². The Bertz CT molecular complexity index is 389. The van der Waals surface area contributed by atoms with E-state index >= 15 is 0 Å². The van der Waals surface area contributed by atoms with Crippen molar-refractivity contribution in [1.29, 1.82) is 0 Å². The van der Waals surface area contributed by atoms with Crippen molar-refractivity contribution >= 4 is 11.6 Å². The molecule has 0 bridgehead atoms. The third-order valence-corrected chi connectivity index (χ3v) is 3.86. The Kier molecular flexibility index (Phi) is 4.98. The molecule has 2 rings (SSSR count). The van der Waals surface area contributed by atoms with Crippen molar-refractivity contribution in [3.05, 3.63) is 34.6 Å². The molecule has 0 radical (unpaired) electrons. The molecule has 1 aromatic rings. The summed E-state index contributed by atoms with van der Waals surface area (Å²) in [7, 11) is 0. The maximum absolute atomic E-state index is 14.0. The number of hydrogen-bond donors (Lipinski definition) is 1. The summed E-state index contributed by atoms with van der Waals surface area (Å²) < 4.78 is 14.0. The highest BCUT2D eigenvalue weighted by molar-refractivity contribution is 6.30. The van der Waals surface area contributed by atoms with Crippen molar-refractivity contribution in [2.24, 2.45) is 5.73 Å². The molecule has 18 heavy (non-hydrogen) atoms. The highest BCUT2D eigenvalue weighted by Crippen LogP contribution is 2.27. The van der Waals surface area contributed by atoms with Gasteiger partial charge in [-0.05, 0) is 38.1 Å². The molecule has 1 aliphatic heterocycles. The molecule has 100 valence electrons. The monoisotopic (exact) mass is 270 g/mol. The molecule has 0 saturated carbocycles. The Morgan fingerprint density at radius 2 is 1.89 bits per heavy atom. The summed E-state index contributed by atoms with van der Waals surface area (Å²) in [5.74, 6) is -0.248. The molecule has 1 saturated heterocycles. The van der Waals surface area contributed by atoms with Crippen LogP contribution in [0.15, 0.2) is 18.2 Å². The summed E-state index contributed by atoms with van der Waals surface area (Å²) in [5, 5.41) is 0.433. The number of hydrogen-bond acceptors (Lipinski definition) is 2. The quantitative estimate of drug-likeness (QED) is 0.913. The van der Waals surface area contributed by atoms with E-state index < -0.39 is 0 Å². The molecule has 0 spiro atoms. The Hall–Kier alpha value is -0.640. The topological polar surface area (TPSA) is 29.3 Å². The first-order valence-electron chi connectivity index (χ1n) is 6.61. The minimum Gasteiger partial charge on any atom is -0.329 e. The predicted molar refractivity (Wildman–Crippen MR) is 73.2 cm³/mol. The second-order valence-corrected chi connectivity index (χ2v) is 5.30. The van der Waals surface area contributed by atoms with Crippen molar-refractivity contribution in [3.8, 4) is 0 Å². The Morgan fingerprint density at radius 1 is 1.22 bits per heavy atom. The van der Waals surface area contributed by atoms with Gasteiger partial charge in [-0.2, -0.15) is 0 Å². The zero-order chi connectivity index (χ0) is 13.0. The van der Waals surface area contributed by atoms with Crippen LogP contribution in [-0.2, 0) is 0 Å². The van der Waals surface area contributed by atoms with Gasteiger partial charge in [-0.3, -0.25) is 4.90 Å². The molecule has 1 aromatic carbocycles. The van der Waals surface area contributed by atoms with Crippen LogP contribution in [0.25, 0.3) is 0 Å². The van der Waals surface area contributed by atoms with Gasteiger partial charge in [-0.15, -0.1) is 0 Å². The van der Waals surface area contributed by atoms with E-state index in [0.29, 0.717) is 17.1 Å². The van der Waals surface area contributed by atoms with E-state index in [2.05, 4.69) is 4.90 Å². The van der Waals surface area contributed by atoms with E-state index in [9.17, 15) is 4.39 Å². The molecule has 0 aliphatic carbocycles. The Morgan fingerprint density at radius 3 is 2.44 bits per heavy atom. The van der Waals surface area contributed by atoms with Gasteiger partial charge in [0.25, 0.3) is 0 Å². The maximum atomic E-state index is 14.0. The van der Waals surface area contributed by atoms with E-state index in [1.165, 1.54) is 31.7 Å². The van der Waals surface area contributed by atoms with E-state index in [4.69, 9.17) is 17.3 Å². The predicted octanol–water partition coefficient (Wildman–Crippen LogP) is 3.35. The van der Waals surface area contributed by atoms with Crippen molar-refractivity contribution < 1.29 is 4.39 Å². The fourth-order valence-corrected chi connectivity index (χ4v) is 2.81. The van der Waals surface area contributed by atoms with Gasteiger partial charge >= 0.3 is 0 Å². The van der Waals surface area contributed by atoms with Crippen LogP contribution in [0.4, 0.5) is 4.39 Å². The highest BCUT2D eigenvalue weighted by atomic mass is 35.5. The zero-order valence-corrected chi connectivity index (χ0v) is 11.3. The van der Waals surface area contributed by atoms with Crippen LogP contribution in [0.3, 0.4) is 0 Å². The van der Waals surface area contributed by atoms with E-state index in [0.717, 1.165) is 13.1 Å². The third-order valence-electron chi connectivity index (χ3n) is 3.63. The van der Waals surface area contributed by atoms with Gasteiger partial charge in [0.15, 0.2) is 0 Å². The lowest BCUT2D eigenvalue weighted by Crippen LogP contribution is -2.35. The third kappa shape index (κ3) is 3.22. The minimum absolute atomic E-state index is 0.0274. The van der Waals surface area contributed by atoms with Gasteiger partial charge in [0.05, 0.1) is 0 Å². The molecule has 0 aromatic heterocycles. The normalized spacial score (nSPS) is 19.5. The SMILES string of the molecule is NCC(c1ccc(Cl)cc1F)N1CCCCCC1. The number of nitrogens with two attached hydrogens (primary N) is 1. The molecular weight excluding hydrogens is 251 g/mol. The summed E-state index contributed by atoms with van der Waals surface area (Å²) in [5.41, 5.74) is 6.52. The molecule has 0 amide bonds. The van der Waals surface area contributed by atoms with Gasteiger partial charge in [-0.25, -0.2) is 4.39 Å². The standard InChI is InChI=1S/C14H20ClFN2/c15-11-5-6-12(13(16)9-11)14(10-17)18-7-3-1-2-4-8-18/h5-6,9,14H,1-4,7-8,10,17H2. The first-order chi connectivity index (χ1) is 8.72. The summed E-state index contributed by atoms with van der Waals surface area (Å²) in [6, 6.07) is 4.85. The van der Waals surface area contributed by atoms with Crippen LogP contribution in [0.5, 0.6) is 0 Å². The molecule has 1 aliphatic rings. The molecule has 2 N–H and O–H groups in total. The van der Waals surface area contributed by atoms with Gasteiger partial charge in [-0.1, -0.05) is 30.5 Å². The highest BCUT2D eigenvalue weighted by Gasteiger charge is 2.22. The zero-order valence-electron chi connectivity index (χ0n) is 10.5. The van der Waals surface area contributed by atoms with Crippen LogP contribution < -0.4 is 5.73 Å². The maximum Gasteiger partial charge on any atom is 0.129 e. The lowest BCUT2D eigenvalue weighted by Gasteiger charge is -2.30. The number of nitrogens with zero attached hydrogens (tertiary/aromatic N) is 1. The van der Waals surface area contributed by atoms with Gasteiger partial charge in [0, 0.05) is 23.2 Å². The lowest BCUT2D eigenvalue weighted by molar-refractivity contribution is 0.205. The van der Waals surface area contributed by atoms with Crippen LogP contribution in [0.1, 0.15) is 37.3 Å². The number of rotatable bonds is 3. The average Bonchev–Trinajstić information content (AvgIpc) is 2.62. The lowest BCUT2D eigenvalue weighted by atomic mass is 10.0. The minimum atomic E-state index is -0.248. The van der Waals surface area contributed by atoms with E-state index in [1.807, 2.05) is 0 Å². The summed E-state index contributed by atoms with van der Waals surface area (Å²) in [4.78, 5) is 2.30. The second kappa shape index (κ2) is 6.50. The van der Waals surface area contributed by atoms with E-state index in [-0.39, 0.29) is 11.9 Å². The van der Waals surface area contributed by atoms with Crippen LogP contribution in [0, 0.1) is 5.82 Å². The molecule has 4 heteroatoms. The first-order valence-corrected chi connectivity index (χ1v) is 6.99. The molecule has 1 unspecified atom stereocenters. The van der Waals surface area contributed by atoms with E-state index in [1.54, 1.807) is 12.1 Å². The molecular formula is C14H20ClFN2. The Labute approximate surface area is 113 Å². The fourth-order valence-electron chi connectivity index (χ4n) is 2.65. The molecule has 2 nitrogen and oxygen atoms in total. The van der Waals surface area contributed by atoms with Gasteiger partial charge in [0.2, 0.25) is 0 Å². The van der Waals surface area contributed by atoms with Crippen LogP contribution in [-0.4, -0.2) is 24.5 Å². The van der Waals surface area contributed by atoms with Gasteiger partial charge in [0.1, 0.15) is 5.82 Å². The smallest absolute Gasteiger partial charge is 0.129 e. The number of benzene rings is 1. The van der Waals surface area contributed by atoms with Crippen molar-refractivity contribution in [3.63, 3.8) is 0 Å². The number of likely N-dealkylation sites (tertiary alicyclic amines) is 1. The summed E-state index contributed by atoms with van der Waals surface area (Å²) >= 11 is 5.79. The van der Waals surface area contributed by atoms with Gasteiger partial charge < -0.3 is 5.73 Å². The summed E-state index contributed by atoms with van der Waals surface area (Å²) in [6.45, 7) is 2.45.